The highest BCUT2D eigenvalue weighted by Crippen LogP contribution is 2.29. The summed E-state index contributed by atoms with van der Waals surface area (Å²) in [5.74, 6) is 1.16. The number of methoxy groups -OCH3 is 2. The molecule has 0 aromatic heterocycles. The number of carbonyl (C=O) groups is 1. The molecule has 2 N–H and O–H groups in total. The molecule has 0 unspecified atom stereocenters. The number of ether oxygens (including phenoxy) is 2. The number of para-hydroxylation sites is 1. The number of carbonyl (C=O) groups excluding carboxylic acids is 1. The Balaban J connectivity index is 1.84. The van der Waals surface area contributed by atoms with Crippen LogP contribution in [0.25, 0.3) is 0 Å². The van der Waals surface area contributed by atoms with Crippen molar-refractivity contribution in [3.8, 4) is 11.5 Å². The largest absolute Gasteiger partial charge is 0.493 e. The van der Waals surface area contributed by atoms with E-state index in [9.17, 15) is 4.79 Å². The molecule has 0 saturated heterocycles. The molecule has 22 heavy (non-hydrogen) atoms. The third-order valence-electron chi connectivity index (χ3n) is 3.12. The maximum atomic E-state index is 11.9. The second-order valence-electron chi connectivity index (χ2n) is 4.66. The van der Waals surface area contributed by atoms with Crippen molar-refractivity contribution in [1.82, 2.24) is 0 Å². The third-order valence-corrected chi connectivity index (χ3v) is 3.12. The molecule has 5 nitrogen and oxygen atoms in total. The van der Waals surface area contributed by atoms with Crippen LogP contribution in [-0.2, 0) is 4.79 Å². The fraction of sp³-hybridized carbons (Fsp3) is 0.235. The van der Waals surface area contributed by atoms with Crippen LogP contribution in [0.3, 0.4) is 0 Å². The Bertz CT molecular complexity index is 615. The van der Waals surface area contributed by atoms with Crippen LogP contribution >= 0.6 is 0 Å². The highest BCUT2D eigenvalue weighted by atomic mass is 16.5. The van der Waals surface area contributed by atoms with Gasteiger partial charge < -0.3 is 20.1 Å². The van der Waals surface area contributed by atoms with Crippen LogP contribution < -0.4 is 20.1 Å². The van der Waals surface area contributed by atoms with E-state index >= 15 is 0 Å². The Morgan fingerprint density at radius 2 is 1.68 bits per heavy atom. The molecule has 2 aromatic rings. The van der Waals surface area contributed by atoms with E-state index < -0.39 is 0 Å². The van der Waals surface area contributed by atoms with E-state index in [-0.39, 0.29) is 5.91 Å². The van der Waals surface area contributed by atoms with E-state index in [4.69, 9.17) is 9.47 Å². The lowest BCUT2D eigenvalue weighted by Gasteiger charge is -2.11. The van der Waals surface area contributed by atoms with Gasteiger partial charge >= 0.3 is 0 Å². The first-order chi connectivity index (χ1) is 10.7. The van der Waals surface area contributed by atoms with Crippen molar-refractivity contribution in [2.75, 3.05) is 31.4 Å². The maximum absolute atomic E-state index is 11.9. The minimum atomic E-state index is -0.0596. The summed E-state index contributed by atoms with van der Waals surface area (Å²) in [6, 6.07) is 15.1. The van der Waals surface area contributed by atoms with E-state index in [1.165, 1.54) is 0 Å². The molecule has 0 heterocycles. The Morgan fingerprint density at radius 1 is 0.955 bits per heavy atom. The quantitative estimate of drug-likeness (QED) is 0.824. The van der Waals surface area contributed by atoms with Crippen LogP contribution in [0.2, 0.25) is 0 Å². The fourth-order valence-corrected chi connectivity index (χ4v) is 2.01. The average molecular weight is 300 g/mol. The summed E-state index contributed by atoms with van der Waals surface area (Å²) in [5.41, 5.74) is 1.68. The minimum Gasteiger partial charge on any atom is -0.493 e. The predicted molar refractivity (Wildman–Crippen MR) is 87.7 cm³/mol. The number of hydrogen-bond donors (Lipinski definition) is 2. The van der Waals surface area contributed by atoms with Crippen molar-refractivity contribution in [3.63, 3.8) is 0 Å². The lowest BCUT2D eigenvalue weighted by molar-refractivity contribution is -0.115. The number of anilines is 2. The average Bonchev–Trinajstić information content (AvgIpc) is 2.55. The Kier molecular flexibility index (Phi) is 5.65. The number of amides is 1. The Hall–Kier alpha value is -2.69. The zero-order valence-electron chi connectivity index (χ0n) is 12.8. The molecule has 0 bridgehead atoms. The van der Waals surface area contributed by atoms with Crippen molar-refractivity contribution in [3.05, 3.63) is 48.5 Å². The smallest absolute Gasteiger partial charge is 0.226 e. The summed E-state index contributed by atoms with van der Waals surface area (Å²) >= 11 is 0. The lowest BCUT2D eigenvalue weighted by Crippen LogP contribution is -2.16. The first kappa shape index (κ1) is 15.7. The van der Waals surface area contributed by atoms with Crippen molar-refractivity contribution in [2.45, 2.75) is 6.42 Å². The molecule has 1 amide bonds. The first-order valence-electron chi connectivity index (χ1n) is 7.03. The van der Waals surface area contributed by atoms with Gasteiger partial charge in [-0.2, -0.15) is 0 Å². The molecule has 0 spiro atoms. The van der Waals surface area contributed by atoms with E-state index in [1.54, 1.807) is 32.4 Å². The lowest BCUT2D eigenvalue weighted by atomic mass is 10.2. The van der Waals surface area contributed by atoms with Crippen molar-refractivity contribution in [2.24, 2.45) is 0 Å². The topological polar surface area (TPSA) is 59.6 Å². The van der Waals surface area contributed by atoms with Gasteiger partial charge in [-0.15, -0.1) is 0 Å². The van der Waals surface area contributed by atoms with Crippen molar-refractivity contribution < 1.29 is 14.3 Å². The molecule has 0 atom stereocenters. The molecular formula is C17H20N2O3. The summed E-state index contributed by atoms with van der Waals surface area (Å²) in [5, 5.41) is 6.04. The minimum absolute atomic E-state index is 0.0596. The van der Waals surface area contributed by atoms with E-state index in [2.05, 4.69) is 10.6 Å². The van der Waals surface area contributed by atoms with Crippen LogP contribution in [0.5, 0.6) is 11.5 Å². The summed E-state index contributed by atoms with van der Waals surface area (Å²) in [4.78, 5) is 11.9. The van der Waals surface area contributed by atoms with Gasteiger partial charge in [0, 0.05) is 30.4 Å². The van der Waals surface area contributed by atoms with E-state index in [1.807, 2.05) is 30.3 Å². The second kappa shape index (κ2) is 7.93. The molecular weight excluding hydrogens is 280 g/mol. The van der Waals surface area contributed by atoms with Gasteiger partial charge in [-0.25, -0.2) is 0 Å². The Morgan fingerprint density at radius 3 is 2.36 bits per heavy atom. The number of hydrogen-bond acceptors (Lipinski definition) is 4. The van der Waals surface area contributed by atoms with Gasteiger partial charge in [0.25, 0.3) is 0 Å². The molecule has 2 rings (SSSR count). The fourth-order valence-electron chi connectivity index (χ4n) is 2.01. The van der Waals surface area contributed by atoms with Crippen molar-refractivity contribution in [1.29, 1.82) is 0 Å². The predicted octanol–water partition coefficient (Wildman–Crippen LogP) is 3.14. The molecule has 0 radical (unpaired) electrons. The SMILES string of the molecule is COc1ccc(NC(=O)CCNc2ccccc2)cc1OC. The molecule has 0 aliphatic rings. The highest BCUT2D eigenvalue weighted by molar-refractivity contribution is 5.91. The zero-order chi connectivity index (χ0) is 15.8. The van der Waals surface area contributed by atoms with E-state index in [0.717, 1.165) is 5.69 Å². The Labute approximate surface area is 130 Å². The maximum Gasteiger partial charge on any atom is 0.226 e. The van der Waals surface area contributed by atoms with Crippen LogP contribution in [0.15, 0.2) is 48.5 Å². The first-order valence-corrected chi connectivity index (χ1v) is 7.03. The van der Waals surface area contributed by atoms with Crippen LogP contribution in [0, 0.1) is 0 Å². The third kappa shape index (κ3) is 4.41. The van der Waals surface area contributed by atoms with Gasteiger partial charge in [-0.05, 0) is 24.3 Å². The van der Waals surface area contributed by atoms with Gasteiger partial charge in [-0.1, -0.05) is 18.2 Å². The molecule has 0 aliphatic carbocycles. The number of rotatable bonds is 7. The standard InChI is InChI=1S/C17H20N2O3/c1-21-15-9-8-14(12-16(15)22-2)19-17(20)10-11-18-13-6-4-3-5-7-13/h3-9,12,18H,10-11H2,1-2H3,(H,19,20). The van der Waals surface area contributed by atoms with Crippen molar-refractivity contribution >= 4 is 17.3 Å². The van der Waals surface area contributed by atoms with Crippen LogP contribution in [0.1, 0.15) is 6.42 Å². The van der Waals surface area contributed by atoms with E-state index in [0.29, 0.717) is 30.2 Å². The summed E-state index contributed by atoms with van der Waals surface area (Å²) in [6.45, 7) is 0.573. The summed E-state index contributed by atoms with van der Waals surface area (Å²) in [7, 11) is 3.14. The van der Waals surface area contributed by atoms with Gasteiger partial charge in [0.05, 0.1) is 14.2 Å². The molecule has 116 valence electrons. The van der Waals surface area contributed by atoms with Gasteiger partial charge in [-0.3, -0.25) is 4.79 Å². The summed E-state index contributed by atoms with van der Waals surface area (Å²) < 4.78 is 10.4. The molecule has 0 saturated carbocycles. The highest BCUT2D eigenvalue weighted by Gasteiger charge is 2.07. The van der Waals surface area contributed by atoms with Gasteiger partial charge in [0.2, 0.25) is 5.91 Å². The monoisotopic (exact) mass is 300 g/mol. The number of nitrogens with one attached hydrogen (secondary N) is 2. The molecule has 2 aromatic carbocycles. The molecule has 0 fully saturated rings. The molecule has 0 aliphatic heterocycles. The zero-order valence-corrected chi connectivity index (χ0v) is 12.8. The molecule has 5 heteroatoms. The van der Waals surface area contributed by atoms with Gasteiger partial charge in [0.1, 0.15) is 0 Å². The van der Waals surface area contributed by atoms with Crippen LogP contribution in [0.4, 0.5) is 11.4 Å². The summed E-state index contributed by atoms with van der Waals surface area (Å²) in [6.07, 6.45) is 0.378. The van der Waals surface area contributed by atoms with Gasteiger partial charge in [0.15, 0.2) is 11.5 Å². The normalized spacial score (nSPS) is 9.91. The second-order valence-corrected chi connectivity index (χ2v) is 4.66. The van der Waals surface area contributed by atoms with Crippen LogP contribution in [-0.4, -0.2) is 26.7 Å². The number of benzene rings is 2.